The number of carbonyl (C=O) groups excluding carboxylic acids is 1. The lowest BCUT2D eigenvalue weighted by atomic mass is 10.1. The highest BCUT2D eigenvalue weighted by Gasteiger charge is 2.31. The molecule has 2 fully saturated rings. The first-order chi connectivity index (χ1) is 16.5. The lowest BCUT2D eigenvalue weighted by Crippen LogP contribution is -2.50. The van der Waals surface area contributed by atoms with E-state index in [-0.39, 0.29) is 11.7 Å². The Hall–Kier alpha value is -3.03. The molecule has 2 aromatic heterocycles. The monoisotopic (exact) mass is 464 g/mol. The van der Waals surface area contributed by atoms with Gasteiger partial charge in [-0.3, -0.25) is 4.79 Å². The molecule has 1 aliphatic heterocycles. The van der Waals surface area contributed by atoms with Gasteiger partial charge in [0.05, 0.1) is 16.8 Å². The van der Waals surface area contributed by atoms with Gasteiger partial charge in [-0.2, -0.15) is 5.10 Å². The van der Waals surface area contributed by atoms with Crippen LogP contribution in [0, 0.1) is 18.7 Å². The van der Waals surface area contributed by atoms with Crippen LogP contribution in [0.4, 0.5) is 10.2 Å². The van der Waals surface area contributed by atoms with Gasteiger partial charge in [-0.15, -0.1) is 0 Å². The number of amides is 1. The predicted molar refractivity (Wildman–Crippen MR) is 131 cm³/mol. The van der Waals surface area contributed by atoms with Crippen molar-refractivity contribution in [2.45, 2.75) is 58.8 Å². The molecule has 0 spiro atoms. The topological polar surface area (TPSA) is 67.2 Å². The molecule has 3 aromatic rings. The van der Waals surface area contributed by atoms with Gasteiger partial charge in [0.25, 0.3) is 0 Å². The van der Waals surface area contributed by atoms with E-state index in [9.17, 15) is 9.18 Å². The molecule has 1 amide bonds. The number of rotatable bonds is 6. The predicted octanol–water partition coefficient (Wildman–Crippen LogP) is 4.44. The number of hydrogen-bond acceptors (Lipinski definition) is 5. The van der Waals surface area contributed by atoms with Gasteiger partial charge in [0, 0.05) is 38.5 Å². The largest absolute Gasteiger partial charge is 0.352 e. The van der Waals surface area contributed by atoms with Crippen LogP contribution in [0.2, 0.25) is 0 Å². The van der Waals surface area contributed by atoms with Crippen LogP contribution < -0.4 is 4.90 Å². The number of carbonyl (C=O) groups is 1. The summed E-state index contributed by atoms with van der Waals surface area (Å²) in [5.74, 6) is 1.97. The smallest absolute Gasteiger partial charge is 0.225 e. The maximum absolute atomic E-state index is 13.5. The van der Waals surface area contributed by atoms with E-state index < -0.39 is 0 Å². The van der Waals surface area contributed by atoms with Gasteiger partial charge in [0.2, 0.25) is 5.91 Å². The van der Waals surface area contributed by atoms with Crippen molar-refractivity contribution in [3.8, 4) is 5.69 Å². The van der Waals surface area contributed by atoms with E-state index in [4.69, 9.17) is 15.1 Å². The molecule has 34 heavy (non-hydrogen) atoms. The van der Waals surface area contributed by atoms with Crippen LogP contribution in [0.25, 0.3) is 16.7 Å². The Morgan fingerprint density at radius 2 is 1.76 bits per heavy atom. The minimum atomic E-state index is -0.277. The second kappa shape index (κ2) is 9.68. The molecule has 3 heterocycles. The fourth-order valence-electron chi connectivity index (χ4n) is 5.21. The molecule has 8 heteroatoms. The molecule has 180 valence electrons. The molecule has 1 saturated heterocycles. The Balaban J connectivity index is 1.47. The number of unbranched alkanes of at least 4 members (excludes halogenated alkanes) is 1. The molecule has 0 unspecified atom stereocenters. The molecule has 7 nitrogen and oxygen atoms in total. The number of halogens is 1. The van der Waals surface area contributed by atoms with E-state index >= 15 is 0 Å². The van der Waals surface area contributed by atoms with E-state index in [1.165, 1.54) is 25.0 Å². The van der Waals surface area contributed by atoms with E-state index in [2.05, 4.69) is 11.8 Å². The SMILES string of the molecule is CCCCc1nc(N2CCN(C(=O)C3CCCC3)CC2)c2c(C)nn(-c3ccc(F)cc3)c2n1. The maximum atomic E-state index is 13.5. The van der Waals surface area contributed by atoms with Crippen molar-refractivity contribution < 1.29 is 9.18 Å². The zero-order valence-electron chi connectivity index (χ0n) is 20.1. The lowest BCUT2D eigenvalue weighted by molar-refractivity contribution is -0.135. The molecule has 1 aliphatic carbocycles. The highest BCUT2D eigenvalue weighted by Crippen LogP contribution is 2.31. The van der Waals surface area contributed by atoms with Gasteiger partial charge in [-0.25, -0.2) is 19.0 Å². The van der Waals surface area contributed by atoms with Gasteiger partial charge in [0.15, 0.2) is 5.65 Å². The van der Waals surface area contributed by atoms with Crippen molar-refractivity contribution in [1.82, 2.24) is 24.6 Å². The zero-order valence-corrected chi connectivity index (χ0v) is 20.1. The summed E-state index contributed by atoms with van der Waals surface area (Å²) in [6.07, 6.45) is 7.29. The van der Waals surface area contributed by atoms with Crippen LogP contribution in [0.3, 0.4) is 0 Å². The second-order valence-electron chi connectivity index (χ2n) is 9.53. The third kappa shape index (κ3) is 4.38. The van der Waals surface area contributed by atoms with Crippen LogP contribution in [0.15, 0.2) is 24.3 Å². The van der Waals surface area contributed by atoms with E-state index in [0.717, 1.165) is 92.3 Å². The van der Waals surface area contributed by atoms with Crippen molar-refractivity contribution in [1.29, 1.82) is 0 Å². The number of piperazine rings is 1. The summed E-state index contributed by atoms with van der Waals surface area (Å²) in [7, 11) is 0. The van der Waals surface area contributed by atoms with Crippen molar-refractivity contribution >= 4 is 22.8 Å². The highest BCUT2D eigenvalue weighted by atomic mass is 19.1. The molecule has 0 radical (unpaired) electrons. The number of aryl methyl sites for hydroxylation is 2. The summed E-state index contributed by atoms with van der Waals surface area (Å²) in [5.41, 5.74) is 2.38. The number of anilines is 1. The molecule has 5 rings (SSSR count). The Morgan fingerprint density at radius 3 is 2.44 bits per heavy atom. The molecule has 0 N–H and O–H groups in total. The Bertz CT molecular complexity index is 1160. The summed E-state index contributed by atoms with van der Waals surface area (Å²) in [5, 5.41) is 5.69. The fraction of sp³-hybridized carbons (Fsp3) is 0.538. The molecule has 1 aromatic carbocycles. The van der Waals surface area contributed by atoms with Crippen molar-refractivity contribution in [3.63, 3.8) is 0 Å². The van der Waals surface area contributed by atoms with Gasteiger partial charge in [-0.05, 0) is 50.5 Å². The maximum Gasteiger partial charge on any atom is 0.225 e. The summed E-state index contributed by atoms with van der Waals surface area (Å²) < 4.78 is 15.3. The average Bonchev–Trinajstić information content (AvgIpc) is 3.51. The normalized spacial score (nSPS) is 17.1. The number of benzene rings is 1. The first-order valence-corrected chi connectivity index (χ1v) is 12.6. The highest BCUT2D eigenvalue weighted by molar-refractivity contribution is 5.91. The minimum Gasteiger partial charge on any atom is -0.352 e. The number of aromatic nitrogens is 4. The van der Waals surface area contributed by atoms with Crippen LogP contribution in [-0.2, 0) is 11.2 Å². The van der Waals surface area contributed by atoms with E-state index in [1.807, 2.05) is 11.8 Å². The fourth-order valence-corrected chi connectivity index (χ4v) is 5.21. The zero-order chi connectivity index (χ0) is 23.7. The Morgan fingerprint density at radius 1 is 1.06 bits per heavy atom. The van der Waals surface area contributed by atoms with E-state index in [1.54, 1.807) is 16.8 Å². The van der Waals surface area contributed by atoms with Crippen LogP contribution in [0.5, 0.6) is 0 Å². The molecule has 2 aliphatic rings. The van der Waals surface area contributed by atoms with Crippen molar-refractivity contribution in [2.24, 2.45) is 5.92 Å². The number of nitrogens with zero attached hydrogens (tertiary/aromatic N) is 6. The van der Waals surface area contributed by atoms with Crippen LogP contribution in [-0.4, -0.2) is 56.7 Å². The van der Waals surface area contributed by atoms with Gasteiger partial charge in [0.1, 0.15) is 17.5 Å². The van der Waals surface area contributed by atoms with Crippen LogP contribution >= 0.6 is 0 Å². The van der Waals surface area contributed by atoms with Gasteiger partial charge >= 0.3 is 0 Å². The summed E-state index contributed by atoms with van der Waals surface area (Å²) in [6.45, 7) is 7.07. The average molecular weight is 465 g/mol. The number of hydrogen-bond donors (Lipinski definition) is 0. The lowest BCUT2D eigenvalue weighted by Gasteiger charge is -2.37. The van der Waals surface area contributed by atoms with Crippen LogP contribution in [0.1, 0.15) is 57.0 Å². The van der Waals surface area contributed by atoms with Crippen molar-refractivity contribution in [3.05, 3.63) is 41.6 Å². The third-order valence-electron chi connectivity index (χ3n) is 7.15. The third-order valence-corrected chi connectivity index (χ3v) is 7.15. The minimum absolute atomic E-state index is 0.217. The van der Waals surface area contributed by atoms with Crippen molar-refractivity contribution in [2.75, 3.05) is 31.1 Å². The quantitative estimate of drug-likeness (QED) is 0.539. The Labute approximate surface area is 200 Å². The summed E-state index contributed by atoms with van der Waals surface area (Å²) >= 11 is 0. The Kier molecular flexibility index (Phi) is 6.48. The van der Waals surface area contributed by atoms with Gasteiger partial charge in [-0.1, -0.05) is 26.2 Å². The standard InChI is InChI=1S/C26H33FN6O/c1-3-4-9-22-28-24(31-14-16-32(17-15-31)26(34)19-7-5-6-8-19)23-18(2)30-33(25(23)29-22)21-12-10-20(27)11-13-21/h10-13,19H,3-9,14-17H2,1-2H3. The van der Waals surface area contributed by atoms with Gasteiger partial charge < -0.3 is 9.80 Å². The first-order valence-electron chi connectivity index (χ1n) is 12.6. The molecule has 1 saturated carbocycles. The van der Waals surface area contributed by atoms with E-state index in [0.29, 0.717) is 5.91 Å². The number of fused-ring (bicyclic) bond motifs is 1. The molecule has 0 atom stereocenters. The summed E-state index contributed by atoms with van der Waals surface area (Å²) in [6, 6.07) is 6.34. The molecular weight excluding hydrogens is 431 g/mol. The molecule has 0 bridgehead atoms. The summed E-state index contributed by atoms with van der Waals surface area (Å²) in [4.78, 5) is 27.1. The second-order valence-corrected chi connectivity index (χ2v) is 9.53. The first kappa shape index (κ1) is 22.7. The molecular formula is C26H33FN6O.